The molecule has 0 aliphatic heterocycles. The highest BCUT2D eigenvalue weighted by atomic mass is 16.5. The molecule has 4 nitrogen and oxygen atoms in total. The summed E-state index contributed by atoms with van der Waals surface area (Å²) in [6.45, 7) is 5.69. The number of ether oxygens (including phenoxy) is 1. The van der Waals surface area contributed by atoms with Gasteiger partial charge in [-0.2, -0.15) is 0 Å². The van der Waals surface area contributed by atoms with E-state index in [2.05, 4.69) is 29.2 Å². The van der Waals surface area contributed by atoms with Crippen molar-refractivity contribution < 1.29 is 4.74 Å². The van der Waals surface area contributed by atoms with Gasteiger partial charge < -0.3 is 15.0 Å². The lowest BCUT2D eigenvalue weighted by Gasteiger charge is -2.21. The minimum Gasteiger partial charge on any atom is -0.383 e. The van der Waals surface area contributed by atoms with Crippen molar-refractivity contribution in [2.75, 3.05) is 45.3 Å². The van der Waals surface area contributed by atoms with Crippen molar-refractivity contribution in [2.24, 2.45) is 0 Å². The molecule has 1 heterocycles. The molecule has 4 heteroatoms. The summed E-state index contributed by atoms with van der Waals surface area (Å²) in [6, 6.07) is 2.05. The molecule has 0 aliphatic rings. The summed E-state index contributed by atoms with van der Waals surface area (Å²) < 4.78 is 4.97. The van der Waals surface area contributed by atoms with Crippen LogP contribution in [0.5, 0.6) is 0 Å². The smallest absolute Gasteiger partial charge is 0.0587 e. The van der Waals surface area contributed by atoms with Crippen LogP contribution >= 0.6 is 0 Å². The number of methoxy groups -OCH3 is 1. The normalized spacial score (nSPS) is 10.4. The first-order chi connectivity index (χ1) is 7.75. The van der Waals surface area contributed by atoms with E-state index in [1.54, 1.807) is 7.11 Å². The molecule has 1 rings (SSSR count). The monoisotopic (exact) mass is 223 g/mol. The summed E-state index contributed by atoms with van der Waals surface area (Å²) in [5.41, 5.74) is 2.45. The summed E-state index contributed by atoms with van der Waals surface area (Å²) in [5, 5.41) is 3.32. The summed E-state index contributed by atoms with van der Waals surface area (Å²) in [6.07, 6.45) is 3.72. The number of rotatable bonds is 7. The van der Waals surface area contributed by atoms with Gasteiger partial charge in [0.05, 0.1) is 6.61 Å². The van der Waals surface area contributed by atoms with Crippen LogP contribution in [0.15, 0.2) is 18.5 Å². The largest absolute Gasteiger partial charge is 0.383 e. The molecule has 0 unspecified atom stereocenters. The van der Waals surface area contributed by atoms with Crippen LogP contribution in [-0.4, -0.2) is 45.4 Å². The fourth-order valence-electron chi connectivity index (χ4n) is 1.56. The van der Waals surface area contributed by atoms with Gasteiger partial charge in [-0.15, -0.1) is 0 Å². The second-order valence-corrected chi connectivity index (χ2v) is 3.83. The first-order valence-corrected chi connectivity index (χ1v) is 5.57. The molecule has 0 amide bonds. The maximum absolute atomic E-state index is 4.97. The number of aryl methyl sites for hydroxylation is 1. The van der Waals surface area contributed by atoms with E-state index in [0.717, 1.165) is 26.2 Å². The van der Waals surface area contributed by atoms with E-state index in [-0.39, 0.29) is 0 Å². The number of pyridine rings is 1. The molecule has 16 heavy (non-hydrogen) atoms. The van der Waals surface area contributed by atoms with E-state index in [1.807, 2.05) is 18.5 Å². The average Bonchev–Trinajstić information content (AvgIpc) is 2.29. The van der Waals surface area contributed by atoms with Gasteiger partial charge in [0.25, 0.3) is 0 Å². The van der Waals surface area contributed by atoms with Gasteiger partial charge in [0.1, 0.15) is 0 Å². The van der Waals surface area contributed by atoms with Crippen LogP contribution < -0.4 is 10.2 Å². The second kappa shape index (κ2) is 7.19. The fraction of sp³-hybridized carbons (Fsp3) is 0.583. The molecular formula is C12H21N3O. The van der Waals surface area contributed by atoms with Crippen molar-refractivity contribution in [3.63, 3.8) is 0 Å². The van der Waals surface area contributed by atoms with Gasteiger partial charge in [-0.05, 0) is 18.6 Å². The Morgan fingerprint density at radius 2 is 2.25 bits per heavy atom. The Morgan fingerprint density at radius 3 is 2.94 bits per heavy atom. The molecule has 90 valence electrons. The van der Waals surface area contributed by atoms with Crippen LogP contribution in [0.2, 0.25) is 0 Å². The maximum atomic E-state index is 4.97. The number of nitrogens with one attached hydrogen (secondary N) is 1. The van der Waals surface area contributed by atoms with Crippen molar-refractivity contribution in [1.29, 1.82) is 0 Å². The third-order valence-electron chi connectivity index (χ3n) is 2.51. The van der Waals surface area contributed by atoms with E-state index in [0.29, 0.717) is 0 Å². The molecule has 0 saturated carbocycles. The molecule has 0 aliphatic carbocycles. The topological polar surface area (TPSA) is 37.4 Å². The first kappa shape index (κ1) is 12.9. The van der Waals surface area contributed by atoms with Gasteiger partial charge in [0, 0.05) is 51.9 Å². The Hall–Kier alpha value is -1.13. The Balaban J connectivity index is 2.30. The zero-order chi connectivity index (χ0) is 11.8. The van der Waals surface area contributed by atoms with Crippen LogP contribution in [0.25, 0.3) is 0 Å². The lowest BCUT2D eigenvalue weighted by Crippen LogP contribution is -2.31. The van der Waals surface area contributed by atoms with Crippen LogP contribution in [0.4, 0.5) is 5.69 Å². The second-order valence-electron chi connectivity index (χ2n) is 3.83. The Labute approximate surface area is 97.6 Å². The molecule has 1 aromatic rings. The van der Waals surface area contributed by atoms with Gasteiger partial charge in [0.2, 0.25) is 0 Å². The van der Waals surface area contributed by atoms with Crippen LogP contribution in [0.3, 0.4) is 0 Å². The molecule has 0 spiro atoms. The molecule has 0 bridgehead atoms. The number of hydrogen-bond donors (Lipinski definition) is 1. The average molecular weight is 223 g/mol. The standard InChI is InChI=1S/C12H21N3O/c1-11-10-14-5-4-12(11)15(2)8-6-13-7-9-16-3/h4-5,10,13H,6-9H2,1-3H3. The number of nitrogens with zero attached hydrogens (tertiary/aromatic N) is 2. The zero-order valence-electron chi connectivity index (χ0n) is 10.4. The van der Waals surface area contributed by atoms with Crippen LogP contribution in [0, 0.1) is 6.92 Å². The highest BCUT2D eigenvalue weighted by Gasteiger charge is 2.02. The molecule has 0 radical (unpaired) electrons. The van der Waals surface area contributed by atoms with E-state index in [4.69, 9.17) is 4.74 Å². The van der Waals surface area contributed by atoms with Gasteiger partial charge in [0.15, 0.2) is 0 Å². The molecule has 0 atom stereocenters. The number of anilines is 1. The van der Waals surface area contributed by atoms with Crippen molar-refractivity contribution >= 4 is 5.69 Å². The highest BCUT2D eigenvalue weighted by molar-refractivity contribution is 5.50. The van der Waals surface area contributed by atoms with Crippen molar-refractivity contribution in [2.45, 2.75) is 6.92 Å². The summed E-state index contributed by atoms with van der Waals surface area (Å²) in [4.78, 5) is 6.32. The van der Waals surface area contributed by atoms with Gasteiger partial charge in [-0.25, -0.2) is 0 Å². The minimum absolute atomic E-state index is 0.762. The fourth-order valence-corrected chi connectivity index (χ4v) is 1.56. The molecular weight excluding hydrogens is 202 g/mol. The van der Waals surface area contributed by atoms with Gasteiger partial charge in [-0.1, -0.05) is 0 Å². The molecule has 0 saturated heterocycles. The lowest BCUT2D eigenvalue weighted by atomic mass is 10.2. The molecule has 1 N–H and O–H groups in total. The lowest BCUT2D eigenvalue weighted by molar-refractivity contribution is 0.200. The summed E-state index contributed by atoms with van der Waals surface area (Å²) >= 11 is 0. The van der Waals surface area contributed by atoms with Crippen molar-refractivity contribution in [1.82, 2.24) is 10.3 Å². The first-order valence-electron chi connectivity index (χ1n) is 5.57. The van der Waals surface area contributed by atoms with E-state index < -0.39 is 0 Å². The van der Waals surface area contributed by atoms with Crippen molar-refractivity contribution in [3.05, 3.63) is 24.0 Å². The SMILES string of the molecule is COCCNCCN(C)c1ccncc1C. The minimum atomic E-state index is 0.762. The van der Waals surface area contributed by atoms with E-state index in [9.17, 15) is 0 Å². The predicted molar refractivity (Wildman–Crippen MR) is 67.0 cm³/mol. The zero-order valence-corrected chi connectivity index (χ0v) is 10.4. The molecule has 0 aromatic carbocycles. The molecule has 1 aromatic heterocycles. The Morgan fingerprint density at radius 1 is 1.44 bits per heavy atom. The van der Waals surface area contributed by atoms with Crippen LogP contribution in [-0.2, 0) is 4.74 Å². The van der Waals surface area contributed by atoms with Gasteiger partial charge >= 0.3 is 0 Å². The maximum Gasteiger partial charge on any atom is 0.0587 e. The molecule has 0 fully saturated rings. The third kappa shape index (κ3) is 4.16. The summed E-state index contributed by atoms with van der Waals surface area (Å²) in [5.74, 6) is 0. The van der Waals surface area contributed by atoms with E-state index in [1.165, 1.54) is 11.3 Å². The highest BCUT2D eigenvalue weighted by Crippen LogP contribution is 2.15. The van der Waals surface area contributed by atoms with Crippen LogP contribution in [0.1, 0.15) is 5.56 Å². The quantitative estimate of drug-likeness (QED) is 0.701. The summed E-state index contributed by atoms with van der Waals surface area (Å²) in [7, 11) is 3.81. The number of hydrogen-bond acceptors (Lipinski definition) is 4. The van der Waals surface area contributed by atoms with E-state index >= 15 is 0 Å². The third-order valence-corrected chi connectivity index (χ3v) is 2.51. The number of aromatic nitrogens is 1. The van der Waals surface area contributed by atoms with Gasteiger partial charge in [-0.3, -0.25) is 4.98 Å². The Bertz CT molecular complexity index is 304. The predicted octanol–water partition coefficient (Wildman–Crippen LogP) is 1.06. The Kier molecular flexibility index (Phi) is 5.82. The number of likely N-dealkylation sites (N-methyl/N-ethyl adjacent to an activating group) is 1. The van der Waals surface area contributed by atoms with Crippen molar-refractivity contribution in [3.8, 4) is 0 Å².